The predicted octanol–water partition coefficient (Wildman–Crippen LogP) is -1.25. The minimum atomic E-state index is -1.04. The fourth-order valence-corrected chi connectivity index (χ4v) is 4.79. The molecule has 0 saturated heterocycles. The molecule has 0 aliphatic carbocycles. The van der Waals surface area contributed by atoms with Gasteiger partial charge in [0.2, 0.25) is 23.6 Å². The molecule has 0 unspecified atom stereocenters. The van der Waals surface area contributed by atoms with Crippen molar-refractivity contribution < 1.29 is 35.4 Å². The fourth-order valence-electron chi connectivity index (χ4n) is 4.79. The number of quaternary nitrogens is 2. The summed E-state index contributed by atoms with van der Waals surface area (Å²) in [5, 5.41) is 14.5. The average Bonchev–Trinajstić information content (AvgIpc) is 3.40. The van der Waals surface area contributed by atoms with Crippen molar-refractivity contribution in [3.05, 3.63) is 36.0 Å². The van der Waals surface area contributed by atoms with Crippen LogP contribution in [0.1, 0.15) is 58.9 Å². The molecule has 0 bridgehead atoms. The molecule has 244 valence electrons. The molecule has 2 rings (SSSR count). The Morgan fingerprint density at radius 3 is 2.14 bits per heavy atom. The number of carbonyl (C=O) groups excluding carboxylic acids is 5. The van der Waals surface area contributed by atoms with Crippen LogP contribution in [0.5, 0.6) is 0 Å². The average molecular weight is 617 g/mol. The number of hydrogen-bond donors (Lipinski definition) is 8. The van der Waals surface area contributed by atoms with Crippen LogP contribution in [-0.4, -0.2) is 78.8 Å². The molecule has 0 spiro atoms. The number of rotatable bonds is 18. The molecule has 0 fully saturated rings. The predicted molar refractivity (Wildman–Crippen MR) is 167 cm³/mol. The van der Waals surface area contributed by atoms with E-state index < -0.39 is 41.9 Å². The van der Waals surface area contributed by atoms with Gasteiger partial charge in [-0.05, 0) is 43.2 Å². The monoisotopic (exact) mass is 616 g/mol. The van der Waals surface area contributed by atoms with Gasteiger partial charge in [-0.2, -0.15) is 0 Å². The number of amides is 5. The molecule has 44 heavy (non-hydrogen) atoms. The van der Waals surface area contributed by atoms with Crippen molar-refractivity contribution in [1.29, 1.82) is 0 Å². The maximum Gasteiger partial charge on any atom is 0.278 e. The second kappa shape index (κ2) is 18.0. The van der Waals surface area contributed by atoms with Crippen LogP contribution in [0.2, 0.25) is 0 Å². The maximum absolute atomic E-state index is 13.7. The summed E-state index contributed by atoms with van der Waals surface area (Å²) in [5.41, 5.74) is 9.36. The molecular weight excluding hydrogens is 564 g/mol. The Bertz CT molecular complexity index is 1260. The van der Waals surface area contributed by atoms with Gasteiger partial charge in [-0.15, -0.1) is 0 Å². The molecule has 4 atom stereocenters. The minimum absolute atomic E-state index is 0.00408. The number of likely N-dealkylation sites (N-methyl/N-ethyl adjacent to an activating group) is 1. The number of aromatic amines is 1. The lowest BCUT2D eigenvalue weighted by Gasteiger charge is -2.26. The summed E-state index contributed by atoms with van der Waals surface area (Å²) < 4.78 is 0. The number of H-pyrrole nitrogens is 1. The molecule has 0 aliphatic rings. The van der Waals surface area contributed by atoms with Crippen molar-refractivity contribution in [2.75, 3.05) is 20.1 Å². The summed E-state index contributed by atoms with van der Waals surface area (Å²) in [6, 6.07) is 4.35. The van der Waals surface area contributed by atoms with Crippen molar-refractivity contribution in [2.45, 2.75) is 84.0 Å². The van der Waals surface area contributed by atoms with Crippen molar-refractivity contribution in [1.82, 2.24) is 31.6 Å². The normalized spacial score (nSPS) is 14.0. The molecule has 13 nitrogen and oxygen atoms in total. The van der Waals surface area contributed by atoms with E-state index in [4.69, 9.17) is 0 Å². The third-order valence-electron chi connectivity index (χ3n) is 7.53. The Kier molecular flexibility index (Phi) is 14.8. The van der Waals surface area contributed by atoms with E-state index in [1.807, 2.05) is 52.0 Å². The summed E-state index contributed by atoms with van der Waals surface area (Å²) in [5.74, 6) is -2.21. The van der Waals surface area contributed by atoms with E-state index in [2.05, 4.69) is 43.0 Å². The first-order valence-electron chi connectivity index (χ1n) is 15.4. The molecule has 0 radical (unpaired) electrons. The molecule has 5 amide bonds. The van der Waals surface area contributed by atoms with E-state index in [1.54, 1.807) is 6.20 Å². The third-order valence-corrected chi connectivity index (χ3v) is 7.53. The van der Waals surface area contributed by atoms with Gasteiger partial charge in [0.05, 0.1) is 13.1 Å². The topological polar surface area (TPSA) is 217 Å². The summed E-state index contributed by atoms with van der Waals surface area (Å²) in [4.78, 5) is 68.2. The van der Waals surface area contributed by atoms with Gasteiger partial charge in [0, 0.05) is 36.5 Å². The van der Waals surface area contributed by atoms with Crippen molar-refractivity contribution in [3.8, 4) is 0 Å². The number of aromatic nitrogens is 1. The highest BCUT2D eigenvalue weighted by Crippen LogP contribution is 2.19. The number of fused-ring (bicyclic) bond motifs is 1. The quantitative estimate of drug-likeness (QED) is 0.0961. The van der Waals surface area contributed by atoms with Crippen LogP contribution < -0.4 is 38.1 Å². The molecule has 0 saturated carbocycles. The first-order chi connectivity index (χ1) is 20.9. The highest BCUT2D eigenvalue weighted by molar-refractivity contribution is 5.95. The van der Waals surface area contributed by atoms with Crippen LogP contribution in [0.15, 0.2) is 30.5 Å². The van der Waals surface area contributed by atoms with E-state index in [0.717, 1.165) is 22.9 Å². The second-order valence-corrected chi connectivity index (χ2v) is 12.0. The summed E-state index contributed by atoms with van der Waals surface area (Å²) in [6.07, 6.45) is 4.19. The summed E-state index contributed by atoms with van der Waals surface area (Å²) >= 11 is 0. The lowest BCUT2D eigenvalue weighted by molar-refractivity contribution is -0.414. The number of unbranched alkanes of at least 4 members (excludes halogenated alkanes) is 1. The van der Waals surface area contributed by atoms with E-state index >= 15 is 0 Å². The van der Waals surface area contributed by atoms with E-state index in [1.165, 1.54) is 7.05 Å². The van der Waals surface area contributed by atoms with Crippen molar-refractivity contribution in [3.63, 3.8) is 0 Å². The lowest BCUT2D eigenvalue weighted by Crippen LogP contribution is -2.70. The fraction of sp³-hybridized carbons (Fsp3) is 0.581. The van der Waals surface area contributed by atoms with Crippen LogP contribution in [0.3, 0.4) is 0 Å². The summed E-state index contributed by atoms with van der Waals surface area (Å²) in [6.45, 7) is 7.97. The molecule has 1 aromatic carbocycles. The van der Waals surface area contributed by atoms with Crippen LogP contribution in [-0.2, 0) is 30.4 Å². The van der Waals surface area contributed by atoms with E-state index in [-0.39, 0.29) is 36.6 Å². The van der Waals surface area contributed by atoms with Crippen molar-refractivity contribution in [2.24, 2.45) is 11.8 Å². The van der Waals surface area contributed by atoms with Crippen LogP contribution in [0.4, 0.5) is 0 Å². The maximum atomic E-state index is 13.7. The first kappa shape index (κ1) is 36.2. The highest BCUT2D eigenvalue weighted by Gasteiger charge is 2.31. The molecule has 1 heterocycles. The standard InChI is InChI=1S/C31H50N8O5/c1-18(2)14-24(37-26(40)17-36-31(44)27(33)19(3)4)29(42)39-25(15-20-16-35-22-11-7-6-10-21(20)22)30(43)38-23(28(41)34-5)12-8-9-13-32/h6-7,10-11,16,18-19,23-25,27,35H,8-9,12-15,17,32-33H2,1-5H3,(H,34,41)(H,36,44)(H,37,40)(H,38,43)(H,39,42)/p+2/t23-,24-,25-,27-/m0/s1. The SMILES string of the molecule is CNC(=O)[C@H](CCCC[NH3+])NC(=O)[C@H](Cc1c[nH]c2ccccc12)NC(=O)[C@H](CC(C)C)NC(=O)CNC(=O)[C@@H]([NH3+])C(C)C. The number of carbonyl (C=O) groups is 5. The molecule has 2 aromatic rings. The summed E-state index contributed by atoms with van der Waals surface area (Å²) in [7, 11) is 1.51. The lowest BCUT2D eigenvalue weighted by atomic mass is 10.00. The van der Waals surface area contributed by atoms with E-state index in [0.29, 0.717) is 25.8 Å². The first-order valence-corrected chi connectivity index (χ1v) is 15.4. The third kappa shape index (κ3) is 11.3. The molecule has 12 N–H and O–H groups in total. The van der Waals surface area contributed by atoms with Gasteiger partial charge >= 0.3 is 0 Å². The molecule has 0 aliphatic heterocycles. The smallest absolute Gasteiger partial charge is 0.278 e. The van der Waals surface area contributed by atoms with Crippen LogP contribution in [0.25, 0.3) is 10.9 Å². The van der Waals surface area contributed by atoms with Gasteiger partial charge in [0.1, 0.15) is 18.1 Å². The second-order valence-electron chi connectivity index (χ2n) is 12.0. The largest absolute Gasteiger partial charge is 0.361 e. The number of para-hydroxylation sites is 1. The van der Waals surface area contributed by atoms with Crippen LogP contribution in [0, 0.1) is 11.8 Å². The van der Waals surface area contributed by atoms with Gasteiger partial charge in [0.25, 0.3) is 5.91 Å². The van der Waals surface area contributed by atoms with Gasteiger partial charge in [-0.3, -0.25) is 24.0 Å². The Hall–Kier alpha value is -3.97. The highest BCUT2D eigenvalue weighted by atomic mass is 16.2. The Labute approximate surface area is 259 Å². The number of hydrogen-bond acceptors (Lipinski definition) is 5. The van der Waals surface area contributed by atoms with Gasteiger partial charge in [-0.1, -0.05) is 45.9 Å². The van der Waals surface area contributed by atoms with Crippen molar-refractivity contribution >= 4 is 40.4 Å². The molecular formula is C31H52N8O5+2. The van der Waals surface area contributed by atoms with Gasteiger partial charge < -0.3 is 43.0 Å². The van der Waals surface area contributed by atoms with Gasteiger partial charge in [0.15, 0.2) is 6.04 Å². The Morgan fingerprint density at radius 1 is 0.841 bits per heavy atom. The molecule has 13 heteroatoms. The van der Waals surface area contributed by atoms with Crippen LogP contribution >= 0.6 is 0 Å². The Balaban J connectivity index is 2.27. The Morgan fingerprint density at radius 2 is 1.50 bits per heavy atom. The number of benzene rings is 1. The number of nitrogens with one attached hydrogen (secondary N) is 6. The zero-order valence-electron chi connectivity index (χ0n) is 26.8. The zero-order chi connectivity index (χ0) is 32.8. The minimum Gasteiger partial charge on any atom is -0.361 e. The van der Waals surface area contributed by atoms with Gasteiger partial charge in [-0.25, -0.2) is 0 Å². The zero-order valence-corrected chi connectivity index (χ0v) is 26.8. The molecule has 1 aromatic heterocycles. The van der Waals surface area contributed by atoms with E-state index in [9.17, 15) is 24.0 Å².